The van der Waals surface area contributed by atoms with Gasteiger partial charge < -0.3 is 5.32 Å². The van der Waals surface area contributed by atoms with Crippen molar-refractivity contribution >= 4 is 40.0 Å². The Morgan fingerprint density at radius 2 is 2.36 bits per heavy atom. The number of benzene rings is 1. The third kappa shape index (κ3) is 3.05. The van der Waals surface area contributed by atoms with E-state index in [0.29, 0.717) is 6.04 Å². The first-order valence-electron chi connectivity index (χ1n) is 4.94. The minimum atomic E-state index is 0.673. The highest BCUT2D eigenvalue weighted by molar-refractivity contribution is 14.1. The van der Waals surface area contributed by atoms with Crippen LogP contribution in [0.25, 0.3) is 0 Å². The Balaban J connectivity index is 1.95. The molecule has 1 N–H and O–H groups in total. The number of nitrogens with one attached hydrogen (secondary N) is 1. The van der Waals surface area contributed by atoms with Crippen LogP contribution < -0.4 is 5.32 Å². The van der Waals surface area contributed by atoms with E-state index in [9.17, 15) is 0 Å². The average Bonchev–Trinajstić information content (AvgIpc) is 2.19. The third-order valence-corrected chi connectivity index (χ3v) is 4.24. The molecule has 0 amide bonds. The van der Waals surface area contributed by atoms with Crippen LogP contribution in [0, 0.1) is 3.57 Å². The van der Waals surface area contributed by atoms with Crippen LogP contribution >= 0.6 is 34.4 Å². The fourth-order valence-corrected chi connectivity index (χ4v) is 3.28. The van der Waals surface area contributed by atoms with Gasteiger partial charge in [-0.25, -0.2) is 0 Å². The first-order valence-corrected chi connectivity index (χ1v) is 7.18. The van der Waals surface area contributed by atoms with Crippen molar-refractivity contribution in [2.45, 2.75) is 18.9 Å². The fourth-order valence-electron chi connectivity index (χ4n) is 1.67. The smallest absolute Gasteiger partial charge is 0.0353 e. The number of halogens is 1. The molecule has 0 saturated carbocycles. The maximum Gasteiger partial charge on any atom is 0.0353 e. The van der Waals surface area contributed by atoms with Crippen molar-refractivity contribution in [3.05, 3.63) is 27.8 Å². The number of hydrogen-bond donors (Lipinski definition) is 1. The van der Waals surface area contributed by atoms with E-state index in [2.05, 4.69) is 63.9 Å². The van der Waals surface area contributed by atoms with Gasteiger partial charge in [-0.2, -0.15) is 11.8 Å². The van der Waals surface area contributed by atoms with E-state index < -0.39 is 0 Å². The second-order valence-electron chi connectivity index (χ2n) is 3.57. The highest BCUT2D eigenvalue weighted by Gasteiger charge is 2.12. The average molecular weight is 319 g/mol. The van der Waals surface area contributed by atoms with Gasteiger partial charge in [0, 0.05) is 21.1 Å². The van der Waals surface area contributed by atoms with Crippen molar-refractivity contribution in [2.24, 2.45) is 0 Å². The van der Waals surface area contributed by atoms with E-state index in [-0.39, 0.29) is 0 Å². The standard InChI is InChI=1S/C11H14INS/c12-9-3-1-4-10(7-9)13-11-5-2-6-14-8-11/h1,3-4,7,11,13H,2,5-6,8H2/t11-/m1/s1. The molecule has 3 heteroatoms. The SMILES string of the molecule is Ic1cccc(N[C@@H]2CCCSC2)c1. The summed E-state index contributed by atoms with van der Waals surface area (Å²) in [7, 11) is 0. The lowest BCUT2D eigenvalue weighted by molar-refractivity contribution is 0.685. The quantitative estimate of drug-likeness (QED) is 0.836. The maximum atomic E-state index is 3.60. The summed E-state index contributed by atoms with van der Waals surface area (Å²) in [5.74, 6) is 2.59. The summed E-state index contributed by atoms with van der Waals surface area (Å²) in [6.07, 6.45) is 2.67. The molecule has 2 rings (SSSR count). The number of thioether (sulfide) groups is 1. The molecule has 0 aliphatic carbocycles. The van der Waals surface area contributed by atoms with E-state index in [1.165, 1.54) is 33.6 Å². The van der Waals surface area contributed by atoms with E-state index in [1.807, 2.05) is 0 Å². The Labute approximate surface area is 103 Å². The summed E-state index contributed by atoms with van der Waals surface area (Å²) in [6.45, 7) is 0. The van der Waals surface area contributed by atoms with Gasteiger partial charge in [-0.15, -0.1) is 0 Å². The molecule has 76 valence electrons. The second kappa shape index (κ2) is 5.26. The molecule has 0 bridgehead atoms. The van der Waals surface area contributed by atoms with Crippen molar-refractivity contribution in [3.8, 4) is 0 Å². The monoisotopic (exact) mass is 319 g/mol. The molecule has 1 saturated heterocycles. The molecule has 1 aliphatic heterocycles. The summed E-state index contributed by atoms with van der Waals surface area (Å²) >= 11 is 4.42. The van der Waals surface area contributed by atoms with Crippen LogP contribution in [0.1, 0.15) is 12.8 Å². The van der Waals surface area contributed by atoms with E-state index in [0.717, 1.165) is 0 Å². The van der Waals surface area contributed by atoms with Gasteiger partial charge in [0.2, 0.25) is 0 Å². The highest BCUT2D eigenvalue weighted by atomic mass is 127. The van der Waals surface area contributed by atoms with Crippen LogP contribution in [0.2, 0.25) is 0 Å². The Hall–Kier alpha value is 0.1000. The van der Waals surface area contributed by atoms with Crippen LogP contribution in [-0.4, -0.2) is 17.5 Å². The summed E-state index contributed by atoms with van der Waals surface area (Å²) in [5, 5.41) is 3.60. The fraction of sp³-hybridized carbons (Fsp3) is 0.455. The normalized spacial score (nSPS) is 21.9. The molecular weight excluding hydrogens is 305 g/mol. The highest BCUT2D eigenvalue weighted by Crippen LogP contribution is 2.21. The molecule has 0 unspecified atom stereocenters. The molecule has 1 aromatic carbocycles. The molecule has 1 atom stereocenters. The molecule has 1 heterocycles. The van der Waals surface area contributed by atoms with Crippen molar-refractivity contribution in [3.63, 3.8) is 0 Å². The topological polar surface area (TPSA) is 12.0 Å². The molecular formula is C11H14INS. The predicted molar refractivity (Wildman–Crippen MR) is 73.1 cm³/mol. The van der Waals surface area contributed by atoms with Gasteiger partial charge >= 0.3 is 0 Å². The first-order chi connectivity index (χ1) is 6.84. The number of hydrogen-bond acceptors (Lipinski definition) is 2. The Morgan fingerprint density at radius 3 is 3.07 bits per heavy atom. The van der Waals surface area contributed by atoms with Crippen LogP contribution in [0.15, 0.2) is 24.3 Å². The molecule has 1 fully saturated rings. The van der Waals surface area contributed by atoms with Crippen LogP contribution in [0.5, 0.6) is 0 Å². The summed E-state index contributed by atoms with van der Waals surface area (Å²) in [6, 6.07) is 9.27. The van der Waals surface area contributed by atoms with Crippen LogP contribution in [0.4, 0.5) is 5.69 Å². The van der Waals surface area contributed by atoms with Crippen LogP contribution in [0.3, 0.4) is 0 Å². The molecule has 0 aromatic heterocycles. The van der Waals surface area contributed by atoms with Crippen LogP contribution in [-0.2, 0) is 0 Å². The zero-order valence-corrected chi connectivity index (χ0v) is 11.0. The molecule has 1 aromatic rings. The predicted octanol–water partition coefficient (Wildman–Crippen LogP) is 3.60. The summed E-state index contributed by atoms with van der Waals surface area (Å²) in [4.78, 5) is 0. The lowest BCUT2D eigenvalue weighted by Crippen LogP contribution is -2.25. The molecule has 14 heavy (non-hydrogen) atoms. The minimum Gasteiger partial charge on any atom is -0.381 e. The van der Waals surface area contributed by atoms with Gasteiger partial charge in [0.25, 0.3) is 0 Å². The van der Waals surface area contributed by atoms with E-state index in [4.69, 9.17) is 0 Å². The van der Waals surface area contributed by atoms with Crippen molar-refractivity contribution in [1.29, 1.82) is 0 Å². The molecule has 0 spiro atoms. The molecule has 1 aliphatic rings. The Kier molecular flexibility index (Phi) is 3.99. The molecule has 1 nitrogen and oxygen atoms in total. The zero-order valence-electron chi connectivity index (χ0n) is 8.00. The van der Waals surface area contributed by atoms with Gasteiger partial charge in [-0.05, 0) is 59.4 Å². The molecule has 0 radical (unpaired) electrons. The summed E-state index contributed by atoms with van der Waals surface area (Å²) < 4.78 is 1.30. The van der Waals surface area contributed by atoms with Gasteiger partial charge in [0.05, 0.1) is 0 Å². The lowest BCUT2D eigenvalue weighted by Gasteiger charge is -2.23. The summed E-state index contributed by atoms with van der Waals surface area (Å²) in [5.41, 5.74) is 1.27. The number of anilines is 1. The minimum absolute atomic E-state index is 0.673. The van der Waals surface area contributed by atoms with Crippen molar-refractivity contribution < 1.29 is 0 Å². The van der Waals surface area contributed by atoms with Gasteiger partial charge in [-0.1, -0.05) is 6.07 Å². The third-order valence-electron chi connectivity index (χ3n) is 2.36. The van der Waals surface area contributed by atoms with Gasteiger partial charge in [0.15, 0.2) is 0 Å². The largest absolute Gasteiger partial charge is 0.381 e. The number of rotatable bonds is 2. The first kappa shape index (κ1) is 10.6. The van der Waals surface area contributed by atoms with Crippen molar-refractivity contribution in [2.75, 3.05) is 16.8 Å². The lowest BCUT2D eigenvalue weighted by atomic mass is 10.2. The Morgan fingerprint density at radius 1 is 1.43 bits per heavy atom. The Bertz CT molecular complexity index is 297. The van der Waals surface area contributed by atoms with Gasteiger partial charge in [-0.3, -0.25) is 0 Å². The second-order valence-corrected chi connectivity index (χ2v) is 5.96. The van der Waals surface area contributed by atoms with E-state index in [1.54, 1.807) is 0 Å². The van der Waals surface area contributed by atoms with E-state index >= 15 is 0 Å². The maximum absolute atomic E-state index is 3.60. The zero-order chi connectivity index (χ0) is 9.80. The van der Waals surface area contributed by atoms with Gasteiger partial charge in [0.1, 0.15) is 0 Å². The van der Waals surface area contributed by atoms with Crippen molar-refractivity contribution in [1.82, 2.24) is 0 Å².